The monoisotopic (exact) mass is 368 g/mol. The van der Waals surface area contributed by atoms with Crippen LogP contribution in [0.15, 0.2) is 17.1 Å². The van der Waals surface area contributed by atoms with Crippen LogP contribution in [0.5, 0.6) is 11.5 Å². The van der Waals surface area contributed by atoms with E-state index in [4.69, 9.17) is 19.2 Å². The molecule has 146 valence electrons. The minimum atomic E-state index is -0.144. The minimum absolute atomic E-state index is 0. The Morgan fingerprint density at radius 2 is 1.81 bits per heavy atom. The van der Waals surface area contributed by atoms with Crippen molar-refractivity contribution in [2.45, 2.75) is 52.7 Å². The first-order valence-electron chi connectivity index (χ1n) is 9.26. The van der Waals surface area contributed by atoms with Gasteiger partial charge in [-0.2, -0.15) is 5.56 Å². The molecule has 0 radical (unpaired) electrons. The molecule has 27 heavy (non-hydrogen) atoms. The van der Waals surface area contributed by atoms with Crippen LogP contribution in [0.4, 0.5) is 0 Å². The molecule has 0 unspecified atom stereocenters. The van der Waals surface area contributed by atoms with E-state index in [1.807, 2.05) is 12.4 Å². The molecule has 0 aliphatic carbocycles. The van der Waals surface area contributed by atoms with Crippen LogP contribution in [0.2, 0.25) is 0 Å². The van der Waals surface area contributed by atoms with E-state index in [0.717, 1.165) is 30.0 Å². The van der Waals surface area contributed by atoms with Crippen LogP contribution in [0.3, 0.4) is 0 Å². The van der Waals surface area contributed by atoms with Crippen molar-refractivity contribution in [3.05, 3.63) is 29.8 Å². The van der Waals surface area contributed by atoms with E-state index in [9.17, 15) is 0 Å². The summed E-state index contributed by atoms with van der Waals surface area (Å²) in [5.41, 5.74) is 2.27. The number of fused-ring (bicyclic) bond motifs is 1. The molecule has 0 amide bonds. The fourth-order valence-corrected chi connectivity index (χ4v) is 2.77. The summed E-state index contributed by atoms with van der Waals surface area (Å²) < 4.78 is 16.7. The van der Waals surface area contributed by atoms with Gasteiger partial charge in [0.25, 0.3) is 0 Å². The van der Waals surface area contributed by atoms with Crippen LogP contribution >= 0.6 is 0 Å². The van der Waals surface area contributed by atoms with Crippen LogP contribution < -0.4 is 28.3 Å². The van der Waals surface area contributed by atoms with Gasteiger partial charge in [0.05, 0.1) is 38.8 Å². The Morgan fingerprint density at radius 1 is 1.19 bits per heavy atom. The molecule has 1 atom stereocenters. The van der Waals surface area contributed by atoms with Crippen LogP contribution in [0.25, 0.3) is 0 Å². The molecule has 0 aromatic heterocycles. The smallest absolute Gasteiger partial charge is 0.506 e. The molecule has 6 heteroatoms. The summed E-state index contributed by atoms with van der Waals surface area (Å²) in [4.78, 5) is 6.93. The van der Waals surface area contributed by atoms with E-state index in [0.29, 0.717) is 12.5 Å². The number of nitrogens with zero attached hydrogens (tertiary/aromatic N) is 2. The van der Waals surface area contributed by atoms with E-state index in [2.05, 4.69) is 52.1 Å². The van der Waals surface area contributed by atoms with Crippen LogP contribution in [-0.2, 0) is 11.2 Å². The Morgan fingerprint density at radius 3 is 2.37 bits per heavy atom. The molecule has 1 aliphatic rings. The van der Waals surface area contributed by atoms with Crippen molar-refractivity contribution >= 4 is 6.34 Å². The summed E-state index contributed by atoms with van der Waals surface area (Å²) >= 11 is 0. The average Bonchev–Trinajstić information content (AvgIpc) is 2.58. The molecule has 0 bridgehead atoms. The second kappa shape index (κ2) is 10.3. The first kappa shape index (κ1) is 23.8. The van der Waals surface area contributed by atoms with Crippen molar-refractivity contribution in [2.75, 3.05) is 27.4 Å². The maximum atomic E-state index is 5.93. The van der Waals surface area contributed by atoms with Crippen molar-refractivity contribution in [1.82, 2.24) is 4.90 Å². The normalized spacial score (nSPS) is 15.2. The summed E-state index contributed by atoms with van der Waals surface area (Å²) in [7, 11) is 3.33. The van der Waals surface area contributed by atoms with Gasteiger partial charge in [-0.3, -0.25) is 4.99 Å². The first-order valence-corrected chi connectivity index (χ1v) is 9.26. The second-order valence-electron chi connectivity index (χ2n) is 8.02. The standard InChI is InChI=1S/C21H33N2O3.Li/c1-15(2)18(13-26-21(3,4)5)22-14-23-9-8-16-10-19(24-6)20(25-7)11-17(16)12-23;/h10-12,14-15,18H,8-9,13H2,1-7H3;/q-1;+1/t18-;/m1./s1. The number of benzene rings is 1. The van der Waals surface area contributed by atoms with Gasteiger partial charge in [0.15, 0.2) is 0 Å². The third kappa shape index (κ3) is 6.99. The SMILES string of the molecule is COc1cc2c(cc1OC)CCN(C=N[C@H](COC(C)(C)C)C(C)C)[CH-]2.[Li+]. The predicted octanol–water partition coefficient (Wildman–Crippen LogP) is 0.944. The second-order valence-corrected chi connectivity index (χ2v) is 8.02. The van der Waals surface area contributed by atoms with Crippen molar-refractivity contribution in [3.63, 3.8) is 0 Å². The molecule has 0 fully saturated rings. The molecule has 0 spiro atoms. The number of rotatable bonds is 7. The third-order valence-electron chi connectivity index (χ3n) is 4.45. The molecule has 1 heterocycles. The largest absolute Gasteiger partial charge is 1.00 e. The Labute approximate surface area is 176 Å². The molecule has 0 saturated carbocycles. The van der Waals surface area contributed by atoms with Gasteiger partial charge in [-0.15, -0.1) is 11.6 Å². The van der Waals surface area contributed by atoms with Crippen molar-refractivity contribution in [2.24, 2.45) is 10.9 Å². The topological polar surface area (TPSA) is 43.3 Å². The summed E-state index contributed by atoms with van der Waals surface area (Å²) in [6.45, 7) is 14.2. The zero-order valence-electron chi connectivity index (χ0n) is 18.2. The fourth-order valence-electron chi connectivity index (χ4n) is 2.77. The minimum Gasteiger partial charge on any atom is -0.506 e. The zero-order valence-corrected chi connectivity index (χ0v) is 18.2. The Hall–Kier alpha value is -1.28. The van der Waals surface area contributed by atoms with E-state index in [-0.39, 0.29) is 30.5 Å². The first-order chi connectivity index (χ1) is 12.2. The summed E-state index contributed by atoms with van der Waals surface area (Å²) in [5, 5.41) is 0. The number of hydrogen-bond donors (Lipinski definition) is 0. The molecule has 0 N–H and O–H groups in total. The number of aliphatic imine (C=N–C) groups is 1. The van der Waals surface area contributed by atoms with E-state index < -0.39 is 0 Å². The summed E-state index contributed by atoms with van der Waals surface area (Å²) in [5.74, 6) is 1.95. The molecule has 0 saturated heterocycles. The Kier molecular flexibility index (Phi) is 9.07. The molecule has 5 nitrogen and oxygen atoms in total. The van der Waals surface area contributed by atoms with Gasteiger partial charge >= 0.3 is 18.9 Å². The van der Waals surface area contributed by atoms with Gasteiger partial charge in [-0.05, 0) is 26.7 Å². The fraction of sp³-hybridized carbons (Fsp3) is 0.619. The van der Waals surface area contributed by atoms with Gasteiger partial charge in [0, 0.05) is 6.54 Å². The molecule has 1 aromatic rings. The zero-order chi connectivity index (χ0) is 19.3. The van der Waals surface area contributed by atoms with E-state index in [1.165, 1.54) is 5.56 Å². The van der Waals surface area contributed by atoms with Gasteiger partial charge in [0.2, 0.25) is 0 Å². The van der Waals surface area contributed by atoms with Crippen molar-refractivity contribution < 1.29 is 33.1 Å². The quantitative estimate of drug-likeness (QED) is 0.311. The van der Waals surface area contributed by atoms with Crippen LogP contribution in [0, 0.1) is 12.5 Å². The van der Waals surface area contributed by atoms with Crippen LogP contribution in [0.1, 0.15) is 45.7 Å². The predicted molar refractivity (Wildman–Crippen MR) is 106 cm³/mol. The number of methoxy groups -OCH3 is 2. The summed E-state index contributed by atoms with van der Waals surface area (Å²) in [6.07, 6.45) is 2.89. The van der Waals surface area contributed by atoms with Crippen LogP contribution in [-0.4, -0.2) is 50.3 Å². The molecule has 1 aliphatic heterocycles. The molecular formula is C21H33LiN2O3. The van der Waals surface area contributed by atoms with E-state index >= 15 is 0 Å². The molecule has 1 aromatic carbocycles. The third-order valence-corrected chi connectivity index (χ3v) is 4.45. The van der Waals surface area contributed by atoms with Gasteiger partial charge in [-0.1, -0.05) is 32.9 Å². The van der Waals surface area contributed by atoms with Gasteiger partial charge in [0.1, 0.15) is 11.5 Å². The molecule has 2 rings (SSSR count). The number of ether oxygens (including phenoxy) is 3. The summed E-state index contributed by atoms with van der Waals surface area (Å²) in [6, 6.07) is 4.23. The van der Waals surface area contributed by atoms with E-state index in [1.54, 1.807) is 14.2 Å². The number of hydrogen-bond acceptors (Lipinski definition) is 4. The maximum Gasteiger partial charge on any atom is 1.00 e. The van der Waals surface area contributed by atoms with Crippen molar-refractivity contribution in [3.8, 4) is 11.5 Å². The average molecular weight is 368 g/mol. The maximum absolute atomic E-state index is 5.93. The van der Waals surface area contributed by atoms with Crippen molar-refractivity contribution in [1.29, 1.82) is 0 Å². The molecular weight excluding hydrogens is 335 g/mol. The van der Waals surface area contributed by atoms with Gasteiger partial charge in [-0.25, -0.2) is 0 Å². The Bertz CT molecular complexity index is 627. The van der Waals surface area contributed by atoms with Gasteiger partial charge < -0.3 is 19.1 Å². The Balaban J connectivity index is 0.00000364.